The maximum absolute atomic E-state index is 12.3. The lowest BCUT2D eigenvalue weighted by Crippen LogP contribution is -2.05. The molecule has 0 aromatic heterocycles. The Labute approximate surface area is 129 Å². The van der Waals surface area contributed by atoms with Gasteiger partial charge >= 0.3 is 0 Å². The van der Waals surface area contributed by atoms with E-state index in [0.29, 0.717) is 18.4 Å². The third-order valence-corrected chi connectivity index (χ3v) is 3.70. The summed E-state index contributed by atoms with van der Waals surface area (Å²) in [5.41, 5.74) is 3.63. The van der Waals surface area contributed by atoms with Crippen molar-refractivity contribution in [2.45, 2.75) is 12.8 Å². The smallest absolute Gasteiger partial charge is 0.163 e. The minimum absolute atomic E-state index is 0.112. The first-order chi connectivity index (χ1) is 9.76. The lowest BCUT2D eigenvalue weighted by Gasteiger charge is -2.06. The van der Waals surface area contributed by atoms with E-state index in [1.807, 2.05) is 48.5 Å². The molecule has 0 N–H and O–H groups in total. The number of carbonyl (C=O) groups excluding carboxylic acids is 1. The maximum Gasteiger partial charge on any atom is 0.163 e. The van der Waals surface area contributed by atoms with Crippen molar-refractivity contribution < 1.29 is 4.79 Å². The number of carbonyl (C=O) groups is 1. The number of ketones is 1. The lowest BCUT2D eigenvalue weighted by atomic mass is 9.97. The Morgan fingerprint density at radius 3 is 2.20 bits per heavy atom. The molecule has 2 aromatic rings. The van der Waals surface area contributed by atoms with Gasteiger partial charge in [0, 0.05) is 22.7 Å². The highest BCUT2D eigenvalue weighted by atomic mass is 32.1. The van der Waals surface area contributed by atoms with Gasteiger partial charge in [0.1, 0.15) is 0 Å². The Morgan fingerprint density at radius 2 is 1.50 bits per heavy atom. The van der Waals surface area contributed by atoms with E-state index in [1.165, 1.54) is 0 Å². The van der Waals surface area contributed by atoms with Crippen LogP contribution in [0, 0.1) is 0 Å². The highest BCUT2D eigenvalue weighted by molar-refractivity contribution is 7.79. The average molecular weight is 298 g/mol. The van der Waals surface area contributed by atoms with Crippen LogP contribution in [0.4, 0.5) is 0 Å². The number of hydrogen-bond acceptors (Lipinski definition) is 3. The van der Waals surface area contributed by atoms with Crippen molar-refractivity contribution in [1.29, 1.82) is 0 Å². The van der Waals surface area contributed by atoms with Gasteiger partial charge in [-0.3, -0.25) is 4.79 Å². The summed E-state index contributed by atoms with van der Waals surface area (Å²) in [6.07, 6.45) is 1.15. The number of rotatable bonds is 6. The van der Waals surface area contributed by atoms with Crippen molar-refractivity contribution >= 4 is 41.0 Å². The molecule has 0 radical (unpaired) electrons. The SMILES string of the molecule is O=C(CCc1ccccc1C=S)c1ccccc1C=S. The van der Waals surface area contributed by atoms with Crippen LogP contribution >= 0.6 is 24.4 Å². The van der Waals surface area contributed by atoms with Gasteiger partial charge in [-0.15, -0.1) is 0 Å². The number of thiocarbonyl (C=S) groups is 2. The van der Waals surface area contributed by atoms with Crippen LogP contribution < -0.4 is 0 Å². The first-order valence-corrected chi connectivity index (χ1v) is 7.31. The largest absolute Gasteiger partial charge is 0.294 e. The topological polar surface area (TPSA) is 17.1 Å². The first kappa shape index (κ1) is 14.7. The normalized spacial score (nSPS) is 10.0. The molecule has 0 saturated heterocycles. The predicted molar refractivity (Wildman–Crippen MR) is 91.0 cm³/mol. The minimum Gasteiger partial charge on any atom is -0.294 e. The molecule has 3 heteroatoms. The third-order valence-electron chi connectivity index (χ3n) is 3.19. The summed E-state index contributed by atoms with van der Waals surface area (Å²) >= 11 is 9.94. The molecule has 0 aliphatic rings. The molecule has 20 heavy (non-hydrogen) atoms. The molecular formula is C17H14OS2. The first-order valence-electron chi connectivity index (χ1n) is 6.36. The van der Waals surface area contributed by atoms with Crippen LogP contribution in [-0.4, -0.2) is 16.5 Å². The summed E-state index contributed by atoms with van der Waals surface area (Å²) in [7, 11) is 0. The summed E-state index contributed by atoms with van der Waals surface area (Å²) < 4.78 is 0. The van der Waals surface area contributed by atoms with E-state index in [9.17, 15) is 4.79 Å². The summed E-state index contributed by atoms with van der Waals surface area (Å²) in [5.74, 6) is 0.112. The van der Waals surface area contributed by atoms with Gasteiger partial charge in [-0.1, -0.05) is 73.0 Å². The summed E-state index contributed by atoms with van der Waals surface area (Å²) in [6.45, 7) is 0. The van der Waals surface area contributed by atoms with Crippen LogP contribution in [0.25, 0.3) is 0 Å². The quantitative estimate of drug-likeness (QED) is 0.588. The molecule has 0 spiro atoms. The van der Waals surface area contributed by atoms with E-state index in [2.05, 4.69) is 0 Å². The van der Waals surface area contributed by atoms with E-state index >= 15 is 0 Å². The molecule has 0 heterocycles. The molecule has 2 rings (SSSR count). The molecule has 2 aromatic carbocycles. The van der Waals surface area contributed by atoms with E-state index in [1.54, 1.807) is 10.7 Å². The van der Waals surface area contributed by atoms with Gasteiger partial charge in [0.15, 0.2) is 5.78 Å². The second-order valence-corrected chi connectivity index (χ2v) is 4.92. The Hall–Kier alpha value is -1.71. The molecule has 100 valence electrons. The highest BCUT2D eigenvalue weighted by Gasteiger charge is 2.10. The van der Waals surface area contributed by atoms with Gasteiger partial charge in [0.05, 0.1) is 0 Å². The van der Waals surface area contributed by atoms with Crippen LogP contribution in [-0.2, 0) is 6.42 Å². The van der Waals surface area contributed by atoms with Gasteiger partial charge < -0.3 is 0 Å². The number of Topliss-reactive ketones (excluding diaryl/α,β-unsaturated/α-hetero) is 1. The molecule has 0 fully saturated rings. The number of benzene rings is 2. The van der Waals surface area contributed by atoms with Gasteiger partial charge in [-0.05, 0) is 23.1 Å². The lowest BCUT2D eigenvalue weighted by molar-refractivity contribution is 0.0983. The van der Waals surface area contributed by atoms with Crippen molar-refractivity contribution in [3.8, 4) is 0 Å². The van der Waals surface area contributed by atoms with E-state index in [-0.39, 0.29) is 5.78 Å². The Bertz CT molecular complexity index is 647. The Kier molecular flexibility index (Phi) is 5.27. The van der Waals surface area contributed by atoms with Crippen LogP contribution in [0.2, 0.25) is 0 Å². The fourth-order valence-corrected chi connectivity index (χ4v) is 2.55. The molecule has 0 saturated carbocycles. The van der Waals surface area contributed by atoms with Gasteiger partial charge in [-0.25, -0.2) is 0 Å². The van der Waals surface area contributed by atoms with E-state index in [0.717, 1.165) is 16.7 Å². The van der Waals surface area contributed by atoms with Crippen molar-refractivity contribution in [3.63, 3.8) is 0 Å². The predicted octanol–water partition coefficient (Wildman–Crippen LogP) is 4.20. The van der Waals surface area contributed by atoms with Crippen molar-refractivity contribution in [3.05, 3.63) is 70.8 Å². The van der Waals surface area contributed by atoms with E-state index < -0.39 is 0 Å². The average Bonchev–Trinajstić information content (AvgIpc) is 2.52. The molecule has 0 atom stereocenters. The molecule has 1 nitrogen and oxygen atoms in total. The number of aryl methyl sites for hydroxylation is 1. The molecular weight excluding hydrogens is 284 g/mol. The molecule has 0 aliphatic carbocycles. The zero-order chi connectivity index (χ0) is 14.4. The van der Waals surface area contributed by atoms with Crippen LogP contribution in [0.5, 0.6) is 0 Å². The van der Waals surface area contributed by atoms with Crippen LogP contribution in [0.1, 0.15) is 33.5 Å². The number of hydrogen-bond donors (Lipinski definition) is 0. The van der Waals surface area contributed by atoms with Gasteiger partial charge in [0.25, 0.3) is 0 Å². The molecule has 0 bridgehead atoms. The zero-order valence-corrected chi connectivity index (χ0v) is 12.5. The molecule has 0 amide bonds. The van der Waals surface area contributed by atoms with Crippen molar-refractivity contribution in [2.24, 2.45) is 0 Å². The fourth-order valence-electron chi connectivity index (χ4n) is 2.11. The van der Waals surface area contributed by atoms with Crippen molar-refractivity contribution in [2.75, 3.05) is 0 Å². The summed E-state index contributed by atoms with van der Waals surface area (Å²) in [6, 6.07) is 15.3. The second-order valence-electron chi connectivity index (χ2n) is 4.44. The standard InChI is InChI=1S/C17H14OS2/c18-17(16-8-4-3-7-15(16)12-20)10-9-13-5-1-2-6-14(13)11-19/h1-8,11-12H,9-10H2. The molecule has 0 unspecified atom stereocenters. The summed E-state index contributed by atoms with van der Waals surface area (Å²) in [5, 5.41) is 3.21. The Balaban J connectivity index is 2.13. The highest BCUT2D eigenvalue weighted by Crippen LogP contribution is 2.14. The van der Waals surface area contributed by atoms with Crippen LogP contribution in [0.3, 0.4) is 0 Å². The zero-order valence-electron chi connectivity index (χ0n) is 10.9. The monoisotopic (exact) mass is 298 g/mol. The fraction of sp³-hybridized carbons (Fsp3) is 0.118. The van der Waals surface area contributed by atoms with E-state index in [4.69, 9.17) is 24.4 Å². The maximum atomic E-state index is 12.3. The van der Waals surface area contributed by atoms with Crippen LogP contribution in [0.15, 0.2) is 48.5 Å². The third kappa shape index (κ3) is 3.44. The Morgan fingerprint density at radius 1 is 0.900 bits per heavy atom. The van der Waals surface area contributed by atoms with Crippen molar-refractivity contribution in [1.82, 2.24) is 0 Å². The molecule has 0 aliphatic heterocycles. The van der Waals surface area contributed by atoms with Gasteiger partial charge in [0.2, 0.25) is 0 Å². The van der Waals surface area contributed by atoms with Gasteiger partial charge in [-0.2, -0.15) is 0 Å². The second kappa shape index (κ2) is 7.17. The summed E-state index contributed by atoms with van der Waals surface area (Å²) in [4.78, 5) is 12.3. The minimum atomic E-state index is 0.112.